The van der Waals surface area contributed by atoms with Gasteiger partial charge in [-0.25, -0.2) is 9.59 Å². The zero-order chi connectivity index (χ0) is 15.7. The van der Waals surface area contributed by atoms with Crippen LogP contribution in [0.15, 0.2) is 30.3 Å². The second-order valence-corrected chi connectivity index (χ2v) is 4.83. The van der Waals surface area contributed by atoms with Crippen molar-refractivity contribution in [1.29, 1.82) is 0 Å². The van der Waals surface area contributed by atoms with Crippen molar-refractivity contribution in [2.45, 2.75) is 6.42 Å². The third-order valence-corrected chi connectivity index (χ3v) is 2.63. The van der Waals surface area contributed by atoms with Gasteiger partial charge in [0, 0.05) is 18.3 Å². The molecule has 0 unspecified atom stereocenters. The number of carboxylic acids is 1. The fourth-order valence-electron chi connectivity index (χ4n) is 1.66. The number of carbonyl (C=O) groups excluding carboxylic acids is 1. The first-order valence-electron chi connectivity index (χ1n) is 6.68. The van der Waals surface area contributed by atoms with Gasteiger partial charge in [0.15, 0.2) is 0 Å². The number of amides is 2. The topological polar surface area (TPSA) is 81.7 Å². The molecule has 0 atom stereocenters. The van der Waals surface area contributed by atoms with Crippen LogP contribution in [0.5, 0.6) is 0 Å². The predicted octanol–water partition coefficient (Wildman–Crippen LogP) is 1.86. The number of nitrogens with zero attached hydrogens (tertiary/aromatic N) is 1. The second kappa shape index (κ2) is 8.76. The number of nitrogens with one attached hydrogen (secondary N) is 2. The lowest BCUT2D eigenvalue weighted by molar-refractivity contribution is -0.131. The van der Waals surface area contributed by atoms with E-state index < -0.39 is 5.97 Å². The number of hydrogen-bond donors (Lipinski definition) is 3. The van der Waals surface area contributed by atoms with E-state index >= 15 is 0 Å². The van der Waals surface area contributed by atoms with E-state index in [-0.39, 0.29) is 6.03 Å². The predicted molar refractivity (Wildman–Crippen MR) is 83.3 cm³/mol. The summed E-state index contributed by atoms with van der Waals surface area (Å²) in [6, 6.07) is 6.70. The van der Waals surface area contributed by atoms with Crippen molar-refractivity contribution in [3.8, 4) is 0 Å². The van der Waals surface area contributed by atoms with Gasteiger partial charge in [0.05, 0.1) is 0 Å². The van der Waals surface area contributed by atoms with Gasteiger partial charge in [-0.1, -0.05) is 12.1 Å². The number of urea groups is 1. The minimum absolute atomic E-state index is 0.270. The molecule has 1 aromatic carbocycles. The number of anilines is 1. The highest BCUT2D eigenvalue weighted by molar-refractivity contribution is 5.90. The molecule has 6 nitrogen and oxygen atoms in total. The summed E-state index contributed by atoms with van der Waals surface area (Å²) in [7, 11) is 3.96. The molecule has 0 spiro atoms. The first-order chi connectivity index (χ1) is 9.97. The second-order valence-electron chi connectivity index (χ2n) is 4.83. The number of carbonyl (C=O) groups is 2. The van der Waals surface area contributed by atoms with Gasteiger partial charge in [-0.3, -0.25) is 0 Å². The molecule has 2 amide bonds. The van der Waals surface area contributed by atoms with Crippen molar-refractivity contribution in [3.63, 3.8) is 0 Å². The minimum Gasteiger partial charge on any atom is -0.478 e. The van der Waals surface area contributed by atoms with E-state index in [1.54, 1.807) is 24.3 Å². The molecule has 114 valence electrons. The normalized spacial score (nSPS) is 10.8. The Balaban J connectivity index is 2.45. The Morgan fingerprint density at radius 2 is 2.10 bits per heavy atom. The maximum atomic E-state index is 11.7. The molecule has 3 N–H and O–H groups in total. The van der Waals surface area contributed by atoms with E-state index in [4.69, 9.17) is 5.11 Å². The van der Waals surface area contributed by atoms with Crippen LogP contribution in [0.25, 0.3) is 6.08 Å². The molecule has 0 heterocycles. The van der Waals surface area contributed by atoms with Gasteiger partial charge in [0.1, 0.15) is 0 Å². The fourth-order valence-corrected chi connectivity index (χ4v) is 1.66. The van der Waals surface area contributed by atoms with Crippen LogP contribution in [0.2, 0.25) is 0 Å². The Bertz CT molecular complexity index is 513. The molecular weight excluding hydrogens is 270 g/mol. The largest absolute Gasteiger partial charge is 0.478 e. The van der Waals surface area contributed by atoms with E-state index in [1.165, 1.54) is 6.08 Å². The standard InChI is InChI=1S/C15H21N3O3/c1-18(2)10-4-9-16-15(21)17-13-6-3-5-12(11-13)7-8-14(19)20/h3,5-8,11H,4,9-10H2,1-2H3,(H,19,20)(H2,16,17,21)/b8-7+. The highest BCUT2D eigenvalue weighted by atomic mass is 16.4. The maximum absolute atomic E-state index is 11.7. The molecular formula is C15H21N3O3. The molecule has 6 heteroatoms. The molecule has 0 saturated heterocycles. The summed E-state index contributed by atoms with van der Waals surface area (Å²) in [5, 5.41) is 14.1. The molecule has 0 bridgehead atoms. The molecule has 0 aliphatic carbocycles. The number of hydrogen-bond acceptors (Lipinski definition) is 3. The molecule has 0 saturated carbocycles. The SMILES string of the molecule is CN(C)CCCNC(=O)Nc1cccc(/C=C/C(=O)O)c1. The van der Waals surface area contributed by atoms with Gasteiger partial charge < -0.3 is 20.6 Å². The summed E-state index contributed by atoms with van der Waals surface area (Å²) in [5.41, 5.74) is 1.33. The average molecular weight is 291 g/mol. The van der Waals surface area contributed by atoms with E-state index in [2.05, 4.69) is 15.5 Å². The Labute approximate surface area is 124 Å². The Kier molecular flexibility index (Phi) is 6.97. The number of rotatable bonds is 7. The van der Waals surface area contributed by atoms with E-state index in [0.717, 1.165) is 19.0 Å². The zero-order valence-corrected chi connectivity index (χ0v) is 12.3. The third kappa shape index (κ3) is 7.74. The van der Waals surface area contributed by atoms with Gasteiger partial charge >= 0.3 is 12.0 Å². The summed E-state index contributed by atoms with van der Waals surface area (Å²) in [6.45, 7) is 1.51. The first kappa shape index (κ1) is 16.7. The van der Waals surface area contributed by atoms with Crippen molar-refractivity contribution >= 4 is 23.8 Å². The van der Waals surface area contributed by atoms with Crippen LogP contribution >= 0.6 is 0 Å². The maximum Gasteiger partial charge on any atom is 0.328 e. The average Bonchev–Trinajstić information content (AvgIpc) is 2.41. The zero-order valence-electron chi connectivity index (χ0n) is 12.3. The summed E-state index contributed by atoms with van der Waals surface area (Å²) in [5.74, 6) is -1.01. The smallest absolute Gasteiger partial charge is 0.328 e. The minimum atomic E-state index is -1.01. The number of aliphatic carboxylic acids is 1. The van der Waals surface area contributed by atoms with E-state index in [9.17, 15) is 9.59 Å². The lowest BCUT2D eigenvalue weighted by atomic mass is 10.2. The molecule has 0 aliphatic rings. The fraction of sp³-hybridized carbons (Fsp3) is 0.333. The van der Waals surface area contributed by atoms with Crippen LogP contribution < -0.4 is 10.6 Å². The van der Waals surface area contributed by atoms with Crippen LogP contribution in [-0.2, 0) is 4.79 Å². The molecule has 1 aromatic rings. The quantitative estimate of drug-likeness (QED) is 0.529. The van der Waals surface area contributed by atoms with Crippen molar-refractivity contribution < 1.29 is 14.7 Å². The van der Waals surface area contributed by atoms with Crippen LogP contribution in [0, 0.1) is 0 Å². The lowest BCUT2D eigenvalue weighted by Gasteiger charge is -2.11. The summed E-state index contributed by atoms with van der Waals surface area (Å²) < 4.78 is 0. The molecule has 0 aliphatic heterocycles. The van der Waals surface area contributed by atoms with Crippen LogP contribution in [-0.4, -0.2) is 49.2 Å². The van der Waals surface area contributed by atoms with Gasteiger partial charge in [-0.2, -0.15) is 0 Å². The number of benzene rings is 1. The van der Waals surface area contributed by atoms with Crippen molar-refractivity contribution in [2.24, 2.45) is 0 Å². The lowest BCUT2D eigenvalue weighted by Crippen LogP contribution is -2.31. The highest BCUT2D eigenvalue weighted by Gasteiger charge is 2.01. The van der Waals surface area contributed by atoms with Crippen LogP contribution in [0.4, 0.5) is 10.5 Å². The molecule has 21 heavy (non-hydrogen) atoms. The van der Waals surface area contributed by atoms with Crippen molar-refractivity contribution in [3.05, 3.63) is 35.9 Å². The van der Waals surface area contributed by atoms with E-state index in [1.807, 2.05) is 14.1 Å². The van der Waals surface area contributed by atoms with Gasteiger partial charge in [-0.15, -0.1) is 0 Å². The Hall–Kier alpha value is -2.34. The Morgan fingerprint density at radius 3 is 2.76 bits per heavy atom. The van der Waals surface area contributed by atoms with Crippen molar-refractivity contribution in [1.82, 2.24) is 10.2 Å². The summed E-state index contributed by atoms with van der Waals surface area (Å²) in [6.07, 6.45) is 3.41. The highest BCUT2D eigenvalue weighted by Crippen LogP contribution is 2.11. The first-order valence-corrected chi connectivity index (χ1v) is 6.68. The molecule has 1 rings (SSSR count). The van der Waals surface area contributed by atoms with Gasteiger partial charge in [-0.05, 0) is 50.8 Å². The Morgan fingerprint density at radius 1 is 1.33 bits per heavy atom. The van der Waals surface area contributed by atoms with Crippen LogP contribution in [0.3, 0.4) is 0 Å². The van der Waals surface area contributed by atoms with Crippen molar-refractivity contribution in [2.75, 3.05) is 32.5 Å². The number of carboxylic acid groups (broad SMARTS) is 1. The van der Waals surface area contributed by atoms with Gasteiger partial charge in [0.2, 0.25) is 0 Å². The molecule has 0 fully saturated rings. The monoisotopic (exact) mass is 291 g/mol. The van der Waals surface area contributed by atoms with E-state index in [0.29, 0.717) is 17.8 Å². The van der Waals surface area contributed by atoms with Gasteiger partial charge in [0.25, 0.3) is 0 Å². The van der Waals surface area contributed by atoms with Crippen LogP contribution in [0.1, 0.15) is 12.0 Å². The third-order valence-electron chi connectivity index (χ3n) is 2.63. The molecule has 0 radical (unpaired) electrons. The summed E-state index contributed by atoms with van der Waals surface area (Å²) >= 11 is 0. The molecule has 0 aromatic heterocycles. The summed E-state index contributed by atoms with van der Waals surface area (Å²) in [4.78, 5) is 24.2.